The van der Waals surface area contributed by atoms with Gasteiger partial charge in [-0.1, -0.05) is 13.8 Å². The molecule has 0 aromatic heterocycles. The van der Waals surface area contributed by atoms with Gasteiger partial charge in [0.25, 0.3) is 0 Å². The van der Waals surface area contributed by atoms with Crippen LogP contribution in [-0.4, -0.2) is 130 Å². The van der Waals surface area contributed by atoms with E-state index in [9.17, 15) is 35.4 Å². The van der Waals surface area contributed by atoms with Crippen molar-refractivity contribution < 1.29 is 63.9 Å². The Kier molecular flexibility index (Phi) is 9.82. The lowest BCUT2D eigenvalue weighted by atomic mass is 9.43. The number of aliphatic hydroxyl groups excluding tert-OH is 5. The second-order valence-electron chi connectivity index (χ2n) is 16.5. The number of ether oxygens (including phenoxy) is 6. The minimum absolute atomic E-state index is 0.0579. The van der Waals surface area contributed by atoms with Crippen LogP contribution in [-0.2, 0) is 33.2 Å². The lowest BCUT2D eigenvalue weighted by Crippen LogP contribution is -2.64. The Morgan fingerprint density at radius 2 is 1.61 bits per heavy atom. The summed E-state index contributed by atoms with van der Waals surface area (Å²) in [6, 6.07) is 0. The van der Waals surface area contributed by atoms with Crippen LogP contribution in [0, 0.1) is 34.5 Å². The lowest BCUT2D eigenvalue weighted by Gasteiger charge is -2.64. The van der Waals surface area contributed by atoms with Crippen molar-refractivity contribution in [3.05, 3.63) is 11.6 Å². The molecule has 6 fully saturated rings. The SMILES string of the molecule is CO[C@H]1C(O)[C@H](O[C@H]2CC[C@@]3(C)[C@H](CC[C@@H]4[C@@H]3CC[C@]3(C)[C@@H](C5=CC(=O)OC5)CC[C@]43O)C2)O[C@@H](C)[C@@H]1O[C@@H]1O[C@H](CO)[C@@H](O)[C@H](O)[C@H]1O. The zero-order valence-electron chi connectivity index (χ0n) is 29.1. The van der Waals surface area contributed by atoms with E-state index in [1.807, 2.05) is 0 Å². The third kappa shape index (κ3) is 5.74. The first kappa shape index (κ1) is 36.1. The molecule has 4 aliphatic carbocycles. The van der Waals surface area contributed by atoms with Crippen LogP contribution in [0.3, 0.4) is 0 Å². The van der Waals surface area contributed by atoms with Gasteiger partial charge < -0.3 is 59.1 Å². The summed E-state index contributed by atoms with van der Waals surface area (Å²) in [5, 5.41) is 64.3. The summed E-state index contributed by atoms with van der Waals surface area (Å²) in [5.41, 5.74) is 0.0599. The van der Waals surface area contributed by atoms with E-state index in [2.05, 4.69) is 13.8 Å². The lowest BCUT2D eigenvalue weighted by molar-refractivity contribution is -0.362. The van der Waals surface area contributed by atoms with E-state index in [0.29, 0.717) is 18.4 Å². The molecule has 278 valence electrons. The summed E-state index contributed by atoms with van der Waals surface area (Å²) in [5.74, 6) is 0.909. The molecule has 7 rings (SSSR count). The summed E-state index contributed by atoms with van der Waals surface area (Å²) in [7, 11) is 1.44. The Morgan fingerprint density at radius 1 is 0.857 bits per heavy atom. The van der Waals surface area contributed by atoms with Gasteiger partial charge in [0, 0.05) is 18.6 Å². The van der Waals surface area contributed by atoms with Gasteiger partial charge in [0.1, 0.15) is 49.3 Å². The van der Waals surface area contributed by atoms with Crippen molar-refractivity contribution in [2.24, 2.45) is 34.5 Å². The maximum atomic E-state index is 12.5. The Morgan fingerprint density at radius 3 is 2.31 bits per heavy atom. The number of carbonyl (C=O) groups excluding carboxylic acids is 1. The standard InChI is InChI=1S/C36H56O13/c1-17-30(49-32-28(41)27(40)26(39)24(15-37)48-32)31(44-4)29(42)33(46-17)47-20-7-10-34(2)19(14-20)5-6-23-22(34)8-11-35(3)21(9-12-36(23,35)43)18-13-25(38)45-16-18/h13,17,19-24,26-33,37,39-43H,5-12,14-16H2,1-4H3/t17-,19+,20-,21+,22-,23+,24+,26+,27-,28+,29?,30-,31-,32-,33-,34-,35+,36-/m0/s1. The number of aliphatic hydroxyl groups is 6. The van der Waals surface area contributed by atoms with Crippen LogP contribution in [0.5, 0.6) is 0 Å². The van der Waals surface area contributed by atoms with Crippen LogP contribution >= 0.6 is 0 Å². The topological polar surface area (TPSA) is 194 Å². The largest absolute Gasteiger partial charge is 0.458 e. The maximum Gasteiger partial charge on any atom is 0.331 e. The number of cyclic esters (lactones) is 1. The second-order valence-corrected chi connectivity index (χ2v) is 16.5. The van der Waals surface area contributed by atoms with Crippen molar-refractivity contribution in [1.29, 1.82) is 0 Å². The Hall–Kier alpha value is -1.23. The summed E-state index contributed by atoms with van der Waals surface area (Å²) >= 11 is 0. The first-order valence-electron chi connectivity index (χ1n) is 18.3. The normalized spacial score (nSPS) is 54.4. The molecule has 0 aromatic carbocycles. The number of methoxy groups -OCH3 is 1. The van der Waals surface area contributed by atoms with Crippen LogP contribution in [0.2, 0.25) is 0 Å². The molecule has 13 nitrogen and oxygen atoms in total. The predicted molar refractivity (Wildman–Crippen MR) is 170 cm³/mol. The van der Waals surface area contributed by atoms with Crippen molar-refractivity contribution >= 4 is 5.97 Å². The maximum absolute atomic E-state index is 12.5. The first-order chi connectivity index (χ1) is 23.3. The van der Waals surface area contributed by atoms with Crippen LogP contribution in [0.15, 0.2) is 11.6 Å². The number of hydrogen-bond acceptors (Lipinski definition) is 13. The fourth-order valence-electron chi connectivity index (χ4n) is 11.6. The molecule has 1 unspecified atom stereocenters. The van der Waals surface area contributed by atoms with Crippen LogP contribution in [0.4, 0.5) is 0 Å². The summed E-state index contributed by atoms with van der Waals surface area (Å²) < 4.78 is 35.1. The molecular weight excluding hydrogens is 640 g/mol. The number of rotatable bonds is 7. The van der Waals surface area contributed by atoms with E-state index < -0.39 is 73.6 Å². The third-order valence-electron chi connectivity index (χ3n) is 14.4. The molecule has 0 radical (unpaired) electrons. The smallest absolute Gasteiger partial charge is 0.331 e. The summed E-state index contributed by atoms with van der Waals surface area (Å²) in [6.45, 7) is 6.15. The zero-order chi connectivity index (χ0) is 35.0. The molecule has 18 atom stereocenters. The van der Waals surface area contributed by atoms with E-state index in [-0.39, 0.29) is 34.7 Å². The zero-order valence-corrected chi connectivity index (χ0v) is 29.1. The van der Waals surface area contributed by atoms with Gasteiger partial charge in [-0.3, -0.25) is 0 Å². The van der Waals surface area contributed by atoms with Gasteiger partial charge in [-0.05, 0) is 99.4 Å². The van der Waals surface area contributed by atoms with Gasteiger partial charge in [-0.15, -0.1) is 0 Å². The molecule has 6 N–H and O–H groups in total. The minimum atomic E-state index is -1.60. The first-order valence-corrected chi connectivity index (χ1v) is 18.3. The highest BCUT2D eigenvalue weighted by molar-refractivity contribution is 5.85. The highest BCUT2D eigenvalue weighted by atomic mass is 16.7. The second kappa shape index (κ2) is 13.3. The molecule has 13 heteroatoms. The number of fused-ring (bicyclic) bond motifs is 5. The molecule has 0 amide bonds. The fourth-order valence-corrected chi connectivity index (χ4v) is 11.6. The van der Waals surface area contributed by atoms with Crippen molar-refractivity contribution in [2.75, 3.05) is 20.3 Å². The van der Waals surface area contributed by atoms with Crippen molar-refractivity contribution in [2.45, 2.75) is 152 Å². The monoisotopic (exact) mass is 696 g/mol. The van der Waals surface area contributed by atoms with E-state index in [4.69, 9.17) is 28.4 Å². The van der Waals surface area contributed by atoms with E-state index >= 15 is 0 Å². The number of esters is 1. The quantitative estimate of drug-likeness (QED) is 0.163. The molecule has 0 aromatic rings. The molecule has 0 spiro atoms. The number of carbonyl (C=O) groups is 1. The number of hydrogen-bond donors (Lipinski definition) is 6. The van der Waals surface area contributed by atoms with Gasteiger partial charge >= 0.3 is 5.97 Å². The van der Waals surface area contributed by atoms with Crippen molar-refractivity contribution in [3.8, 4) is 0 Å². The Labute approximate surface area is 287 Å². The van der Waals surface area contributed by atoms with E-state index in [1.54, 1.807) is 13.0 Å². The molecule has 7 aliphatic rings. The van der Waals surface area contributed by atoms with Gasteiger partial charge in [0.05, 0.1) is 24.4 Å². The van der Waals surface area contributed by atoms with Gasteiger partial charge in [0.2, 0.25) is 0 Å². The highest BCUT2D eigenvalue weighted by Gasteiger charge is 2.68. The van der Waals surface area contributed by atoms with Crippen molar-refractivity contribution in [3.63, 3.8) is 0 Å². The highest BCUT2D eigenvalue weighted by Crippen LogP contribution is 2.70. The summed E-state index contributed by atoms with van der Waals surface area (Å²) in [6.07, 6.45) is -2.30. The molecular formula is C36H56O13. The van der Waals surface area contributed by atoms with Gasteiger partial charge in [-0.2, -0.15) is 0 Å². The average Bonchev–Trinajstić information content (AvgIpc) is 3.62. The van der Waals surface area contributed by atoms with Crippen LogP contribution < -0.4 is 0 Å². The third-order valence-corrected chi connectivity index (χ3v) is 14.4. The summed E-state index contributed by atoms with van der Waals surface area (Å²) in [4.78, 5) is 11.9. The Balaban J connectivity index is 0.990. The molecule has 3 aliphatic heterocycles. The molecule has 3 heterocycles. The van der Waals surface area contributed by atoms with Gasteiger partial charge in [0.15, 0.2) is 12.6 Å². The van der Waals surface area contributed by atoms with Crippen LogP contribution in [0.25, 0.3) is 0 Å². The van der Waals surface area contributed by atoms with Gasteiger partial charge in [-0.25, -0.2) is 4.79 Å². The van der Waals surface area contributed by atoms with E-state index in [0.717, 1.165) is 63.4 Å². The van der Waals surface area contributed by atoms with Crippen molar-refractivity contribution in [1.82, 2.24) is 0 Å². The average molecular weight is 697 g/mol. The Bertz CT molecular complexity index is 1260. The molecule has 2 saturated heterocycles. The fraction of sp³-hybridized carbons (Fsp3) is 0.917. The molecule has 49 heavy (non-hydrogen) atoms. The molecule has 4 saturated carbocycles. The predicted octanol–water partition coefficient (Wildman–Crippen LogP) is 0.934. The minimum Gasteiger partial charge on any atom is -0.458 e. The molecule has 0 bridgehead atoms. The van der Waals surface area contributed by atoms with Crippen LogP contribution in [0.1, 0.15) is 78.6 Å². The van der Waals surface area contributed by atoms with E-state index in [1.165, 1.54) is 7.11 Å².